The Balaban J connectivity index is 1.18. The molecule has 0 bridgehead atoms. The fourth-order valence-corrected chi connectivity index (χ4v) is 9.12. The van der Waals surface area contributed by atoms with Crippen molar-refractivity contribution in [2.24, 2.45) is 66.6 Å². The number of aliphatic imine (C=N–C) groups is 1. The Kier molecular flexibility index (Phi) is 8.78. The van der Waals surface area contributed by atoms with E-state index in [1.807, 2.05) is 18.4 Å². The van der Waals surface area contributed by atoms with Crippen molar-refractivity contribution in [3.05, 3.63) is 78.4 Å². The number of hydrogen-bond donors (Lipinski definition) is 2. The zero-order valence-corrected chi connectivity index (χ0v) is 26.4. The summed E-state index contributed by atoms with van der Waals surface area (Å²) in [5, 5.41) is 14.6. The maximum atomic E-state index is 13.4. The molecule has 246 valence electrons. The molecule has 3 N–H and O–H groups in total. The minimum atomic E-state index is -1.39. The van der Waals surface area contributed by atoms with Crippen molar-refractivity contribution in [3.63, 3.8) is 0 Å². The van der Waals surface area contributed by atoms with Gasteiger partial charge in [0.2, 0.25) is 0 Å². The van der Waals surface area contributed by atoms with Crippen LogP contribution >= 0.6 is 0 Å². The Morgan fingerprint density at radius 2 is 1.98 bits per heavy atom. The monoisotopic (exact) mass is 641 g/mol. The largest absolute Gasteiger partial charge is 0.369 e. The number of nitrogens with one attached hydrogen (secondary N) is 1. The number of nitrogens with zero attached hydrogens (tertiary/aromatic N) is 11. The van der Waals surface area contributed by atoms with Crippen LogP contribution in [0.2, 0.25) is 0 Å². The lowest BCUT2D eigenvalue weighted by atomic mass is 9.46. The fraction of sp³-hybridized carbons (Fsp3) is 0.645. The van der Waals surface area contributed by atoms with Gasteiger partial charge in [-0.3, -0.25) is 14.6 Å². The van der Waals surface area contributed by atoms with E-state index in [-0.39, 0.29) is 54.6 Å². The summed E-state index contributed by atoms with van der Waals surface area (Å²) in [6.07, 6.45) is 17.7. The second-order valence-electron chi connectivity index (χ2n) is 13.7. The number of dihydropyridines is 1. The van der Waals surface area contributed by atoms with E-state index >= 15 is 0 Å². The first kappa shape index (κ1) is 32.2. The van der Waals surface area contributed by atoms with Crippen LogP contribution in [0.4, 0.5) is 0 Å². The lowest BCUT2D eigenvalue weighted by Gasteiger charge is -2.60. The van der Waals surface area contributed by atoms with Gasteiger partial charge < -0.3 is 11.1 Å². The molecule has 0 aromatic rings. The number of allylic oxidation sites excluding steroid dienone is 4. The van der Waals surface area contributed by atoms with Crippen LogP contribution in [0, 0.1) is 40.4 Å². The van der Waals surface area contributed by atoms with Crippen LogP contribution in [0.15, 0.2) is 67.5 Å². The Labute approximate surface area is 271 Å². The first-order valence-corrected chi connectivity index (χ1v) is 16.2. The molecular formula is C31H39N13O3. The lowest BCUT2D eigenvalue weighted by Crippen LogP contribution is -2.65. The van der Waals surface area contributed by atoms with Gasteiger partial charge >= 0.3 is 5.97 Å². The molecule has 16 heteroatoms. The molecule has 3 fully saturated rings. The molecule has 0 aromatic carbocycles. The number of fused-ring (bicyclic) bond motifs is 5. The Bertz CT molecular complexity index is 1630. The number of rotatable bonds is 10. The second kappa shape index (κ2) is 12.8. The maximum Gasteiger partial charge on any atom is 0.369 e. The summed E-state index contributed by atoms with van der Waals surface area (Å²) in [5.41, 5.74) is 35.1. The molecule has 0 aromatic heterocycles. The molecule has 2 aliphatic heterocycles. The van der Waals surface area contributed by atoms with Gasteiger partial charge in [-0.05, 0) is 90.3 Å². The minimum Gasteiger partial charge on any atom is -0.351 e. The zero-order chi connectivity index (χ0) is 33.2. The topological polar surface area (TPSA) is 243 Å². The van der Waals surface area contributed by atoms with Crippen LogP contribution in [0.5, 0.6) is 0 Å². The summed E-state index contributed by atoms with van der Waals surface area (Å²) in [7, 11) is 0. The molecule has 2 saturated carbocycles. The number of amides is 1. The summed E-state index contributed by atoms with van der Waals surface area (Å²) in [6.45, 7) is 2.73. The number of carbonyl (C=O) groups is 2. The number of hydrogen-bond acceptors (Lipinski definition) is 8. The molecule has 0 radical (unpaired) electrons. The normalized spacial score (nSPS) is 36.6. The summed E-state index contributed by atoms with van der Waals surface area (Å²) in [5.74, 6) is -0.135. The van der Waals surface area contributed by atoms with Crippen LogP contribution in [-0.4, -0.2) is 61.5 Å². The third-order valence-electron chi connectivity index (χ3n) is 11.5. The van der Waals surface area contributed by atoms with Crippen LogP contribution in [0.3, 0.4) is 0 Å². The quantitative estimate of drug-likeness (QED) is 0.182. The fourth-order valence-electron chi connectivity index (χ4n) is 9.12. The molecule has 4 aliphatic carbocycles. The van der Waals surface area contributed by atoms with Gasteiger partial charge in [-0.15, -0.1) is 5.53 Å². The SMILES string of the molecule is CCC1C=C(C2=CCC3[C@]2(CN=[N+]=[N-])CCC2C4C=CC(C(=O)NCC5(CN=[N+]=[N-])CN(N=[N+]=[N-])OC5=O)=CC4CC[C@]23N)C=NC1. The third kappa shape index (κ3) is 5.53. The smallest absolute Gasteiger partial charge is 0.351 e. The molecule has 47 heavy (non-hydrogen) atoms. The maximum absolute atomic E-state index is 13.4. The molecule has 1 amide bonds. The van der Waals surface area contributed by atoms with E-state index in [1.54, 1.807) is 0 Å². The molecular weight excluding hydrogens is 602 g/mol. The summed E-state index contributed by atoms with van der Waals surface area (Å²) >= 11 is 0. The first-order chi connectivity index (χ1) is 22.7. The average Bonchev–Trinajstić information content (AvgIpc) is 3.63. The number of hydroxylamine groups is 1. The molecule has 6 rings (SSSR count). The highest BCUT2D eigenvalue weighted by Crippen LogP contribution is 2.64. The molecule has 6 unspecified atom stereocenters. The van der Waals surface area contributed by atoms with Gasteiger partial charge in [0, 0.05) is 64.0 Å². The lowest BCUT2D eigenvalue weighted by molar-refractivity contribution is -0.172. The first-order valence-electron chi connectivity index (χ1n) is 16.2. The molecule has 6 aliphatic rings. The van der Waals surface area contributed by atoms with Crippen molar-refractivity contribution in [1.29, 1.82) is 0 Å². The molecule has 8 atom stereocenters. The Hall–Kier alpha value is -4.74. The van der Waals surface area contributed by atoms with E-state index in [0.29, 0.717) is 18.0 Å². The van der Waals surface area contributed by atoms with Crippen molar-refractivity contribution < 1.29 is 14.4 Å². The highest BCUT2D eigenvalue weighted by molar-refractivity contribution is 5.97. The van der Waals surface area contributed by atoms with E-state index in [0.717, 1.165) is 55.8 Å². The summed E-state index contributed by atoms with van der Waals surface area (Å²) in [6, 6.07) is 0. The minimum absolute atomic E-state index is 0.119. The van der Waals surface area contributed by atoms with Gasteiger partial charge in [0.1, 0.15) is 5.41 Å². The van der Waals surface area contributed by atoms with Crippen LogP contribution < -0.4 is 11.1 Å². The van der Waals surface area contributed by atoms with E-state index in [9.17, 15) is 15.1 Å². The van der Waals surface area contributed by atoms with Crippen molar-refractivity contribution in [2.75, 3.05) is 32.7 Å². The zero-order valence-electron chi connectivity index (χ0n) is 26.4. The number of carbonyl (C=O) groups excluding carboxylic acids is 2. The predicted octanol–water partition coefficient (Wildman–Crippen LogP) is 5.31. The van der Waals surface area contributed by atoms with Crippen LogP contribution in [0.25, 0.3) is 31.3 Å². The molecule has 16 nitrogen and oxygen atoms in total. The van der Waals surface area contributed by atoms with E-state index in [1.165, 1.54) is 5.57 Å². The van der Waals surface area contributed by atoms with Gasteiger partial charge in [-0.1, -0.05) is 52.7 Å². The second-order valence-corrected chi connectivity index (χ2v) is 13.7. The van der Waals surface area contributed by atoms with Gasteiger partial charge in [0.25, 0.3) is 5.91 Å². The Morgan fingerprint density at radius 1 is 1.17 bits per heavy atom. The summed E-state index contributed by atoms with van der Waals surface area (Å²) < 4.78 is 0. The van der Waals surface area contributed by atoms with Crippen molar-refractivity contribution in [2.45, 2.75) is 51.0 Å². The van der Waals surface area contributed by atoms with Crippen molar-refractivity contribution in [3.8, 4) is 0 Å². The standard InChI is InChI=1S/C31H39N13O3/c1-2-19-11-22(14-36-13-19)24-5-6-26-30(24,17-39-41-34)9-8-25-23-4-3-21(12-20(23)7-10-31(25,26)32)27(45)37-15-29(16-38-40-33)18-44(43-42-35)47-28(29)46/h3-5,11-12,14,19-20,23,25-26H,2,6-10,13,15-18,32H2,1H3,(H,37,45)/t19?,20?,23?,25?,26?,29?,30-,31-/m0/s1. The van der Waals surface area contributed by atoms with E-state index in [2.05, 4.69) is 65.6 Å². The van der Waals surface area contributed by atoms with Gasteiger partial charge in [0.15, 0.2) is 6.54 Å². The summed E-state index contributed by atoms with van der Waals surface area (Å²) in [4.78, 5) is 44.2. The van der Waals surface area contributed by atoms with E-state index in [4.69, 9.17) is 21.6 Å². The average molecular weight is 642 g/mol. The molecule has 2 heterocycles. The third-order valence-corrected chi connectivity index (χ3v) is 11.5. The van der Waals surface area contributed by atoms with Gasteiger partial charge in [-0.2, -0.15) is 4.91 Å². The number of nitrogens with two attached hydrogens (primary N) is 1. The van der Waals surface area contributed by atoms with Crippen molar-refractivity contribution in [1.82, 2.24) is 10.5 Å². The Morgan fingerprint density at radius 3 is 2.74 bits per heavy atom. The van der Waals surface area contributed by atoms with E-state index < -0.39 is 16.9 Å². The predicted molar refractivity (Wildman–Crippen MR) is 172 cm³/mol. The van der Waals surface area contributed by atoms with Gasteiger partial charge in [-0.25, -0.2) is 4.79 Å². The highest BCUT2D eigenvalue weighted by atomic mass is 16.7. The molecule has 1 saturated heterocycles. The highest BCUT2D eigenvalue weighted by Gasteiger charge is 2.62. The molecule has 0 spiro atoms. The van der Waals surface area contributed by atoms with Crippen molar-refractivity contribution >= 4 is 18.1 Å². The number of azide groups is 3. The van der Waals surface area contributed by atoms with Crippen LogP contribution in [0.1, 0.15) is 45.4 Å². The van der Waals surface area contributed by atoms with Gasteiger partial charge in [0.05, 0.1) is 0 Å². The van der Waals surface area contributed by atoms with Crippen LogP contribution in [-0.2, 0) is 14.4 Å².